The van der Waals surface area contributed by atoms with Crippen LogP contribution in [0, 0.1) is 26.0 Å². The molecule has 2 aromatic carbocycles. The molecule has 2 heterocycles. The van der Waals surface area contributed by atoms with E-state index in [-0.39, 0.29) is 22.8 Å². The molecule has 18 nitrogen and oxygen atoms in total. The number of carbonyl (C=O) groups excluding carboxylic acids is 2. The highest BCUT2D eigenvalue weighted by molar-refractivity contribution is 5.89. The number of ether oxygens (including phenoxy) is 4. The van der Waals surface area contributed by atoms with Crippen LogP contribution in [0.5, 0.6) is 11.5 Å². The topological polar surface area (TPSA) is 203 Å². The van der Waals surface area contributed by atoms with Gasteiger partial charge in [0.05, 0.1) is 35.4 Å². The number of rotatable bonds is 7. The molecule has 2 aliphatic rings. The highest BCUT2D eigenvalue weighted by Crippen LogP contribution is 2.39. The molecule has 0 radical (unpaired) electrons. The van der Waals surface area contributed by atoms with Crippen LogP contribution < -0.4 is 30.3 Å². The number of piperazine rings is 2. The van der Waals surface area contributed by atoms with Gasteiger partial charge in [-0.05, 0) is 55.6 Å². The number of nitro benzene ring substituents is 2. The van der Waals surface area contributed by atoms with Crippen molar-refractivity contribution in [1.82, 2.24) is 15.1 Å². The number of likely N-dealkylation sites (N-methyl/N-ethyl adjacent to an activating group) is 2. The Morgan fingerprint density at radius 1 is 0.717 bits per heavy atom. The van der Waals surface area contributed by atoms with Crippen molar-refractivity contribution in [1.29, 1.82) is 0 Å². The van der Waals surface area contributed by atoms with Crippen LogP contribution in [0.1, 0.15) is 41.5 Å². The summed E-state index contributed by atoms with van der Waals surface area (Å²) in [6.45, 7) is 17.9. The molecule has 19 heteroatoms. The molecular formula is C34H53FN8O10. The Morgan fingerprint density at radius 2 is 1.13 bits per heavy atom. The molecule has 53 heavy (non-hydrogen) atoms. The number of hydrogen-bond acceptors (Lipinski definition) is 14. The molecule has 3 N–H and O–H groups in total. The number of halogens is 1. The van der Waals surface area contributed by atoms with Gasteiger partial charge in [-0.15, -0.1) is 0 Å². The normalized spacial score (nSPS) is 15.0. The van der Waals surface area contributed by atoms with Crippen LogP contribution in [0.3, 0.4) is 0 Å². The Labute approximate surface area is 309 Å². The van der Waals surface area contributed by atoms with E-state index in [0.717, 1.165) is 38.3 Å². The van der Waals surface area contributed by atoms with Crippen molar-refractivity contribution in [2.24, 2.45) is 0 Å². The van der Waals surface area contributed by atoms with Gasteiger partial charge >= 0.3 is 17.9 Å². The van der Waals surface area contributed by atoms with Gasteiger partial charge in [0.25, 0.3) is 5.69 Å². The lowest BCUT2D eigenvalue weighted by molar-refractivity contribution is -0.387. The molecule has 0 saturated carbocycles. The van der Waals surface area contributed by atoms with Crippen LogP contribution in [-0.4, -0.2) is 124 Å². The molecule has 0 bridgehead atoms. The number of benzene rings is 2. The molecule has 0 spiro atoms. The van der Waals surface area contributed by atoms with E-state index >= 15 is 0 Å². The fourth-order valence-corrected chi connectivity index (χ4v) is 4.82. The van der Waals surface area contributed by atoms with E-state index in [2.05, 4.69) is 32.8 Å². The molecule has 2 fully saturated rings. The van der Waals surface area contributed by atoms with Gasteiger partial charge in [-0.25, -0.2) is 9.59 Å². The van der Waals surface area contributed by atoms with E-state index in [1.807, 2.05) is 11.9 Å². The van der Waals surface area contributed by atoms with Crippen molar-refractivity contribution >= 4 is 40.6 Å². The van der Waals surface area contributed by atoms with Crippen LogP contribution in [0.25, 0.3) is 0 Å². The third-order valence-electron chi connectivity index (χ3n) is 7.41. The molecule has 0 aromatic heterocycles. The Balaban J connectivity index is 0.000000316. The first-order valence-electron chi connectivity index (χ1n) is 16.8. The zero-order valence-corrected chi connectivity index (χ0v) is 32.2. The zero-order valence-electron chi connectivity index (χ0n) is 32.2. The second kappa shape index (κ2) is 19.7. The predicted molar refractivity (Wildman–Crippen MR) is 199 cm³/mol. The van der Waals surface area contributed by atoms with Crippen molar-refractivity contribution < 1.29 is 42.8 Å². The van der Waals surface area contributed by atoms with Gasteiger partial charge in [-0.1, -0.05) is 0 Å². The number of hydrogen-bond donors (Lipinski definition) is 3. The summed E-state index contributed by atoms with van der Waals surface area (Å²) in [6, 6.07) is 4.61. The smallest absolute Gasteiger partial charge is 0.412 e. The Bertz CT molecular complexity index is 1570. The molecule has 2 aromatic rings. The lowest BCUT2D eigenvalue weighted by Crippen LogP contribution is -2.44. The van der Waals surface area contributed by atoms with E-state index < -0.39 is 44.7 Å². The van der Waals surface area contributed by atoms with Gasteiger partial charge in [0, 0.05) is 76.6 Å². The lowest BCUT2D eigenvalue weighted by atomic mass is 10.1. The number of amides is 2. The number of nitro groups is 2. The number of nitrogens with one attached hydrogen (secondary N) is 3. The summed E-state index contributed by atoms with van der Waals surface area (Å²) >= 11 is 0. The van der Waals surface area contributed by atoms with Gasteiger partial charge in [-0.3, -0.25) is 30.9 Å². The molecule has 2 amide bonds. The number of methoxy groups -OCH3 is 2. The van der Waals surface area contributed by atoms with Crippen molar-refractivity contribution in [3.8, 4) is 11.5 Å². The van der Waals surface area contributed by atoms with E-state index in [1.165, 1.54) is 33.4 Å². The molecule has 4 rings (SSSR count). The lowest BCUT2D eigenvalue weighted by Gasteiger charge is -2.34. The minimum atomic E-state index is -1.05. The van der Waals surface area contributed by atoms with Crippen molar-refractivity contribution in [3.63, 3.8) is 0 Å². The fourth-order valence-electron chi connectivity index (χ4n) is 4.82. The minimum absolute atomic E-state index is 0.0426. The summed E-state index contributed by atoms with van der Waals surface area (Å²) in [4.78, 5) is 51.0. The maximum absolute atomic E-state index is 13.4. The van der Waals surface area contributed by atoms with Gasteiger partial charge in [0.15, 0.2) is 0 Å². The predicted octanol–water partition coefficient (Wildman–Crippen LogP) is 5.31. The van der Waals surface area contributed by atoms with Gasteiger partial charge in [0.1, 0.15) is 28.4 Å². The first-order valence-corrected chi connectivity index (χ1v) is 16.8. The largest absolute Gasteiger partial charge is 0.494 e. The molecule has 0 aliphatic carbocycles. The molecule has 296 valence electrons. The second-order valence-corrected chi connectivity index (χ2v) is 14.2. The maximum Gasteiger partial charge on any atom is 0.412 e. The van der Waals surface area contributed by atoms with Crippen LogP contribution in [0.15, 0.2) is 24.3 Å². The third kappa shape index (κ3) is 15.2. The Hall–Kier alpha value is -5.01. The monoisotopic (exact) mass is 752 g/mol. The summed E-state index contributed by atoms with van der Waals surface area (Å²) in [6.07, 6.45) is -1.52. The maximum atomic E-state index is 13.4. The van der Waals surface area contributed by atoms with E-state index in [0.29, 0.717) is 24.5 Å². The van der Waals surface area contributed by atoms with Crippen LogP contribution >= 0.6 is 0 Å². The standard InChI is InChI=1S/C17H26N4O5.C12H15FN2O5.C5H12N2/c1-17(2,3)26-16(22)18-12-10-14(21(23)24)13(11-15(12)25-5)20-8-6-19(4)7-9-20;1-12(2,3)20-11(16)14-8-6-9(15(17)18)7(13)5-10(8)19-4;1-7-4-2-6-3-5-7/h10-11H,6-9H2,1-5H3,(H,18,22);5-6H,1-4H3,(H,14,16);6H,2-5H2,1H3. The summed E-state index contributed by atoms with van der Waals surface area (Å²) in [7, 11) is 6.87. The third-order valence-corrected chi connectivity index (χ3v) is 7.41. The quantitative estimate of drug-likeness (QED) is 0.242. The highest BCUT2D eigenvalue weighted by Gasteiger charge is 2.27. The molecule has 2 aliphatic heterocycles. The summed E-state index contributed by atoms with van der Waals surface area (Å²) in [5.74, 6) is -0.754. The van der Waals surface area contributed by atoms with Crippen LogP contribution in [-0.2, 0) is 9.47 Å². The number of nitrogens with zero attached hydrogens (tertiary/aromatic N) is 5. The summed E-state index contributed by atoms with van der Waals surface area (Å²) in [5.41, 5.74) is -1.62. The average molecular weight is 753 g/mol. The SMILES string of the molecule is CN1CCNCC1.COc1cc(F)c([N+](=O)[O-])cc1NC(=O)OC(C)(C)C.COc1cc(N2CCN(C)CC2)c([N+](=O)[O-])cc1NC(=O)OC(C)(C)C. The summed E-state index contributed by atoms with van der Waals surface area (Å²) in [5, 5.41) is 30.3. The second-order valence-electron chi connectivity index (χ2n) is 14.2. The van der Waals surface area contributed by atoms with Crippen LogP contribution in [0.4, 0.5) is 42.4 Å². The van der Waals surface area contributed by atoms with Gasteiger partial charge in [-0.2, -0.15) is 4.39 Å². The zero-order chi connectivity index (χ0) is 40.1. The minimum Gasteiger partial charge on any atom is -0.494 e. The molecule has 0 unspecified atom stereocenters. The van der Waals surface area contributed by atoms with E-state index in [4.69, 9.17) is 18.9 Å². The van der Waals surface area contributed by atoms with Crippen molar-refractivity contribution in [3.05, 3.63) is 50.3 Å². The van der Waals surface area contributed by atoms with Gasteiger partial charge in [0.2, 0.25) is 5.82 Å². The molecule has 2 saturated heterocycles. The first kappa shape index (κ1) is 44.2. The molecular weight excluding hydrogens is 699 g/mol. The number of anilines is 3. The van der Waals surface area contributed by atoms with E-state index in [1.54, 1.807) is 47.6 Å². The van der Waals surface area contributed by atoms with Crippen molar-refractivity contribution in [2.75, 3.05) is 96.2 Å². The Morgan fingerprint density at radius 3 is 1.51 bits per heavy atom. The molecule has 0 atom stereocenters. The Kier molecular flexibility index (Phi) is 16.4. The summed E-state index contributed by atoms with van der Waals surface area (Å²) < 4.78 is 33.8. The van der Waals surface area contributed by atoms with Crippen molar-refractivity contribution in [2.45, 2.75) is 52.7 Å². The van der Waals surface area contributed by atoms with E-state index in [9.17, 15) is 34.2 Å². The van der Waals surface area contributed by atoms with Crippen LogP contribution in [0.2, 0.25) is 0 Å². The number of carbonyl (C=O) groups is 2. The first-order chi connectivity index (χ1) is 24.6. The average Bonchev–Trinajstić information content (AvgIpc) is 3.04. The van der Waals surface area contributed by atoms with Gasteiger partial charge < -0.3 is 39.0 Å². The fraction of sp³-hybridized carbons (Fsp3) is 0.588. The highest BCUT2D eigenvalue weighted by atomic mass is 19.1.